The SMILES string of the molecule is C=CCN(CC(=O)N1CCc2sccc2C1c1ccc(OC)cc1)C(=O)CCc1ccccc1. The van der Waals surface area contributed by atoms with Crippen molar-refractivity contribution < 1.29 is 14.3 Å². The quantitative estimate of drug-likeness (QED) is 0.416. The summed E-state index contributed by atoms with van der Waals surface area (Å²) in [6.45, 7) is 4.82. The van der Waals surface area contributed by atoms with Gasteiger partial charge in [0.05, 0.1) is 13.2 Å². The van der Waals surface area contributed by atoms with Crippen LogP contribution in [0.2, 0.25) is 0 Å². The van der Waals surface area contributed by atoms with Gasteiger partial charge >= 0.3 is 0 Å². The molecule has 0 spiro atoms. The van der Waals surface area contributed by atoms with E-state index in [-0.39, 0.29) is 24.4 Å². The summed E-state index contributed by atoms with van der Waals surface area (Å²) in [6.07, 6.45) is 3.52. The molecule has 0 bridgehead atoms. The van der Waals surface area contributed by atoms with E-state index in [1.807, 2.05) is 59.5 Å². The fourth-order valence-electron chi connectivity index (χ4n) is 4.45. The Hall–Kier alpha value is -3.38. The van der Waals surface area contributed by atoms with Crippen LogP contribution in [-0.4, -0.2) is 48.4 Å². The number of carbonyl (C=O) groups is 2. The smallest absolute Gasteiger partial charge is 0.243 e. The Morgan fingerprint density at radius 3 is 2.62 bits per heavy atom. The lowest BCUT2D eigenvalue weighted by atomic mass is 9.93. The number of carbonyl (C=O) groups excluding carboxylic acids is 2. The molecule has 0 fully saturated rings. The van der Waals surface area contributed by atoms with Crippen LogP contribution < -0.4 is 4.74 Å². The first-order valence-corrected chi connectivity index (χ1v) is 12.4. The van der Waals surface area contributed by atoms with Crippen molar-refractivity contribution in [1.29, 1.82) is 0 Å². The van der Waals surface area contributed by atoms with E-state index < -0.39 is 0 Å². The number of amides is 2. The van der Waals surface area contributed by atoms with Gasteiger partial charge in [0, 0.05) is 24.4 Å². The van der Waals surface area contributed by atoms with Crippen molar-refractivity contribution in [3.63, 3.8) is 0 Å². The maximum atomic E-state index is 13.6. The first kappa shape index (κ1) is 23.8. The second-order valence-corrected chi connectivity index (χ2v) is 9.36. The average Bonchev–Trinajstić information content (AvgIpc) is 3.36. The Morgan fingerprint density at radius 1 is 1.15 bits per heavy atom. The summed E-state index contributed by atoms with van der Waals surface area (Å²) >= 11 is 1.74. The molecule has 1 aromatic heterocycles. The first-order valence-electron chi connectivity index (χ1n) is 11.5. The number of hydrogen-bond donors (Lipinski definition) is 0. The van der Waals surface area contributed by atoms with E-state index in [0.717, 1.165) is 23.3 Å². The lowest BCUT2D eigenvalue weighted by Crippen LogP contribution is -2.46. The molecule has 4 rings (SSSR count). The largest absolute Gasteiger partial charge is 0.497 e. The molecule has 1 atom stereocenters. The van der Waals surface area contributed by atoms with E-state index in [1.54, 1.807) is 29.4 Å². The van der Waals surface area contributed by atoms with E-state index in [1.165, 1.54) is 10.4 Å². The molecule has 0 aliphatic carbocycles. The molecule has 1 aliphatic heterocycles. The van der Waals surface area contributed by atoms with Crippen molar-refractivity contribution in [2.45, 2.75) is 25.3 Å². The van der Waals surface area contributed by atoms with Gasteiger partial charge in [-0.2, -0.15) is 0 Å². The Morgan fingerprint density at radius 2 is 1.91 bits per heavy atom. The molecular weight excluding hydrogens is 444 g/mol. The van der Waals surface area contributed by atoms with Gasteiger partial charge < -0.3 is 14.5 Å². The summed E-state index contributed by atoms with van der Waals surface area (Å²) in [5.74, 6) is 0.697. The van der Waals surface area contributed by atoms with Gasteiger partial charge in [-0.15, -0.1) is 17.9 Å². The summed E-state index contributed by atoms with van der Waals surface area (Å²) in [4.78, 5) is 31.4. The van der Waals surface area contributed by atoms with Gasteiger partial charge in [-0.05, 0) is 53.1 Å². The van der Waals surface area contributed by atoms with Crippen molar-refractivity contribution in [1.82, 2.24) is 9.80 Å². The predicted molar refractivity (Wildman–Crippen MR) is 136 cm³/mol. The van der Waals surface area contributed by atoms with Gasteiger partial charge in [0.25, 0.3) is 0 Å². The number of methoxy groups -OCH3 is 1. The highest BCUT2D eigenvalue weighted by atomic mass is 32.1. The molecule has 0 N–H and O–H groups in total. The number of nitrogens with zero attached hydrogens (tertiary/aromatic N) is 2. The minimum atomic E-state index is -0.168. The van der Waals surface area contributed by atoms with Gasteiger partial charge in [0.15, 0.2) is 0 Å². The third-order valence-electron chi connectivity index (χ3n) is 6.22. The highest BCUT2D eigenvalue weighted by molar-refractivity contribution is 7.10. The van der Waals surface area contributed by atoms with Crippen molar-refractivity contribution in [3.8, 4) is 5.75 Å². The van der Waals surface area contributed by atoms with Crippen LogP contribution >= 0.6 is 11.3 Å². The molecule has 1 unspecified atom stereocenters. The molecule has 5 nitrogen and oxygen atoms in total. The number of hydrogen-bond acceptors (Lipinski definition) is 4. The van der Waals surface area contributed by atoms with Crippen LogP contribution in [0.15, 0.2) is 78.7 Å². The Kier molecular flexibility index (Phi) is 7.80. The Bertz CT molecular complexity index is 1120. The Labute approximate surface area is 205 Å². The van der Waals surface area contributed by atoms with Crippen molar-refractivity contribution >= 4 is 23.2 Å². The summed E-state index contributed by atoms with van der Waals surface area (Å²) in [7, 11) is 1.64. The molecule has 2 aromatic carbocycles. The standard InChI is InChI=1S/C28H30N2O3S/c1-3-17-29(26(31)14-9-21-7-5-4-6-8-21)20-27(32)30-18-15-25-24(16-19-34-25)28(30)22-10-12-23(33-2)13-11-22/h3-8,10-13,16,19,28H,1,9,14-15,17-18,20H2,2H3. The van der Waals surface area contributed by atoms with Gasteiger partial charge in [0.2, 0.25) is 11.8 Å². The zero-order chi connectivity index (χ0) is 23.9. The molecule has 2 heterocycles. The number of ether oxygens (including phenoxy) is 1. The second kappa shape index (κ2) is 11.2. The molecule has 6 heteroatoms. The summed E-state index contributed by atoms with van der Waals surface area (Å²) in [5.41, 5.74) is 3.32. The van der Waals surface area contributed by atoms with Crippen LogP contribution in [0.25, 0.3) is 0 Å². The van der Waals surface area contributed by atoms with Crippen molar-refractivity contribution in [2.75, 3.05) is 26.7 Å². The predicted octanol–water partition coefficient (Wildman–Crippen LogP) is 4.88. The summed E-state index contributed by atoms with van der Waals surface area (Å²) in [6, 6.07) is 19.8. The lowest BCUT2D eigenvalue weighted by Gasteiger charge is -2.37. The minimum Gasteiger partial charge on any atom is -0.497 e. The maximum absolute atomic E-state index is 13.6. The first-order chi connectivity index (χ1) is 16.6. The zero-order valence-electron chi connectivity index (χ0n) is 19.5. The van der Waals surface area contributed by atoms with Crippen molar-refractivity contribution in [3.05, 3.63) is 100 Å². The fraction of sp³-hybridized carbons (Fsp3) is 0.286. The fourth-order valence-corrected chi connectivity index (χ4v) is 5.35. The maximum Gasteiger partial charge on any atom is 0.243 e. The molecular formula is C28H30N2O3S. The lowest BCUT2D eigenvalue weighted by molar-refractivity contribution is -0.141. The number of thiophene rings is 1. The van der Waals surface area contributed by atoms with Crippen LogP contribution in [0, 0.1) is 0 Å². The van der Waals surface area contributed by atoms with Crippen LogP contribution in [0.1, 0.15) is 34.0 Å². The van der Waals surface area contributed by atoms with E-state index in [0.29, 0.717) is 25.9 Å². The molecule has 2 amide bonds. The molecule has 176 valence electrons. The molecule has 0 saturated heterocycles. The number of rotatable bonds is 9. The third-order valence-corrected chi connectivity index (χ3v) is 7.21. The van der Waals surface area contributed by atoms with E-state index in [4.69, 9.17) is 4.74 Å². The molecule has 34 heavy (non-hydrogen) atoms. The van der Waals surface area contributed by atoms with Crippen LogP contribution in [0.4, 0.5) is 0 Å². The molecule has 0 saturated carbocycles. The van der Waals surface area contributed by atoms with E-state index in [2.05, 4.69) is 18.0 Å². The van der Waals surface area contributed by atoms with Crippen LogP contribution in [0.5, 0.6) is 5.75 Å². The third kappa shape index (κ3) is 5.39. The van der Waals surface area contributed by atoms with Crippen LogP contribution in [-0.2, 0) is 22.4 Å². The number of fused-ring (bicyclic) bond motifs is 1. The summed E-state index contributed by atoms with van der Waals surface area (Å²) in [5, 5.41) is 2.09. The number of aryl methyl sites for hydroxylation is 1. The topological polar surface area (TPSA) is 49.9 Å². The van der Waals surface area contributed by atoms with Gasteiger partial charge in [-0.25, -0.2) is 0 Å². The van der Waals surface area contributed by atoms with Gasteiger partial charge in [0.1, 0.15) is 12.3 Å². The van der Waals surface area contributed by atoms with E-state index in [9.17, 15) is 9.59 Å². The molecule has 1 aliphatic rings. The normalized spacial score (nSPS) is 14.9. The van der Waals surface area contributed by atoms with Gasteiger partial charge in [-0.1, -0.05) is 48.5 Å². The average molecular weight is 475 g/mol. The molecule has 3 aromatic rings. The highest BCUT2D eigenvalue weighted by Crippen LogP contribution is 2.38. The van der Waals surface area contributed by atoms with Crippen molar-refractivity contribution in [2.24, 2.45) is 0 Å². The Balaban J connectivity index is 1.51. The second-order valence-electron chi connectivity index (χ2n) is 8.36. The number of benzene rings is 2. The zero-order valence-corrected chi connectivity index (χ0v) is 20.3. The summed E-state index contributed by atoms with van der Waals surface area (Å²) < 4.78 is 5.31. The van der Waals surface area contributed by atoms with E-state index >= 15 is 0 Å². The highest BCUT2D eigenvalue weighted by Gasteiger charge is 2.33. The van der Waals surface area contributed by atoms with Crippen LogP contribution in [0.3, 0.4) is 0 Å². The van der Waals surface area contributed by atoms with Gasteiger partial charge in [-0.3, -0.25) is 9.59 Å². The monoisotopic (exact) mass is 474 g/mol. The molecule has 0 radical (unpaired) electrons. The minimum absolute atomic E-state index is 0.0358.